The second-order valence-electron chi connectivity index (χ2n) is 5.10. The summed E-state index contributed by atoms with van der Waals surface area (Å²) in [5.41, 5.74) is 6.51. The van der Waals surface area contributed by atoms with E-state index in [1.807, 2.05) is 6.92 Å². The molecule has 110 valence electrons. The molecule has 1 aliphatic heterocycles. The van der Waals surface area contributed by atoms with Crippen molar-refractivity contribution in [3.05, 3.63) is 35.1 Å². The zero-order valence-corrected chi connectivity index (χ0v) is 12.6. The lowest BCUT2D eigenvalue weighted by Gasteiger charge is -2.32. The van der Waals surface area contributed by atoms with E-state index in [0.717, 1.165) is 32.5 Å². The molecule has 5 heteroatoms. The third-order valence-corrected chi connectivity index (χ3v) is 3.82. The van der Waals surface area contributed by atoms with Gasteiger partial charge in [-0.25, -0.2) is 4.39 Å². The minimum Gasteiger partial charge on any atom is -0.389 e. The first-order valence-corrected chi connectivity index (χ1v) is 7.43. The van der Waals surface area contributed by atoms with Crippen LogP contribution < -0.4 is 5.73 Å². The maximum atomic E-state index is 14.3. The highest BCUT2D eigenvalue weighted by molar-refractivity contribution is 7.80. The summed E-state index contributed by atoms with van der Waals surface area (Å²) in [6, 6.07) is 5.22. The van der Waals surface area contributed by atoms with Crippen molar-refractivity contribution < 1.29 is 9.13 Å². The highest BCUT2D eigenvalue weighted by Crippen LogP contribution is 2.19. The number of piperidine rings is 1. The Hall–Kier alpha value is -1.04. The molecular formula is C15H21FN2OS. The molecule has 20 heavy (non-hydrogen) atoms. The van der Waals surface area contributed by atoms with E-state index >= 15 is 0 Å². The molecule has 1 aromatic rings. The van der Waals surface area contributed by atoms with Gasteiger partial charge in [0.1, 0.15) is 10.8 Å². The van der Waals surface area contributed by atoms with Crippen LogP contribution >= 0.6 is 12.2 Å². The largest absolute Gasteiger partial charge is 0.389 e. The highest BCUT2D eigenvalue weighted by Gasteiger charge is 2.21. The summed E-state index contributed by atoms with van der Waals surface area (Å²) >= 11 is 4.87. The molecule has 1 unspecified atom stereocenters. The predicted molar refractivity (Wildman–Crippen MR) is 82.2 cm³/mol. The molecule has 0 saturated carbocycles. The Bertz CT molecular complexity index is 479. The van der Waals surface area contributed by atoms with Crippen LogP contribution in [0.3, 0.4) is 0 Å². The predicted octanol–water partition coefficient (Wildman–Crippen LogP) is 2.46. The Labute approximate surface area is 124 Å². The van der Waals surface area contributed by atoms with Gasteiger partial charge in [0.25, 0.3) is 0 Å². The Morgan fingerprint density at radius 1 is 1.55 bits per heavy atom. The van der Waals surface area contributed by atoms with E-state index in [2.05, 4.69) is 4.90 Å². The number of halogens is 1. The van der Waals surface area contributed by atoms with E-state index < -0.39 is 0 Å². The number of nitrogens with zero attached hydrogens (tertiary/aromatic N) is 1. The maximum absolute atomic E-state index is 14.3. The lowest BCUT2D eigenvalue weighted by molar-refractivity contribution is 0.00337. The molecule has 2 rings (SSSR count). The van der Waals surface area contributed by atoms with Crippen LogP contribution in [-0.2, 0) is 11.3 Å². The molecule has 1 aliphatic rings. The molecule has 0 aliphatic carbocycles. The van der Waals surface area contributed by atoms with Gasteiger partial charge in [0.05, 0.1) is 6.10 Å². The first-order valence-electron chi connectivity index (χ1n) is 7.03. The average molecular weight is 296 g/mol. The van der Waals surface area contributed by atoms with Crippen LogP contribution in [0.25, 0.3) is 0 Å². The number of nitrogens with two attached hydrogens (primary N) is 1. The second kappa shape index (κ2) is 7.11. The van der Waals surface area contributed by atoms with Gasteiger partial charge in [-0.05, 0) is 32.4 Å². The van der Waals surface area contributed by atoms with Crippen LogP contribution in [0, 0.1) is 5.82 Å². The van der Waals surface area contributed by atoms with Gasteiger partial charge in [-0.15, -0.1) is 0 Å². The first-order chi connectivity index (χ1) is 9.61. The van der Waals surface area contributed by atoms with Gasteiger partial charge in [-0.3, -0.25) is 4.90 Å². The van der Waals surface area contributed by atoms with Crippen LogP contribution in [0.1, 0.15) is 30.9 Å². The topological polar surface area (TPSA) is 38.5 Å². The summed E-state index contributed by atoms with van der Waals surface area (Å²) in [5.74, 6) is -0.293. The zero-order chi connectivity index (χ0) is 14.5. The van der Waals surface area contributed by atoms with Crippen molar-refractivity contribution in [3.8, 4) is 0 Å². The summed E-state index contributed by atoms with van der Waals surface area (Å²) in [5, 5.41) is 0. The standard InChI is InChI=1S/C15H21FN2OS/c1-2-19-12-6-4-8-18(10-12)9-11-5-3-7-13(14(11)16)15(17)20/h3,5,7,12H,2,4,6,8-10H2,1H3,(H2,17,20). The third-order valence-electron chi connectivity index (χ3n) is 3.60. The fourth-order valence-electron chi connectivity index (χ4n) is 2.66. The number of likely N-dealkylation sites (tertiary alicyclic amines) is 1. The van der Waals surface area contributed by atoms with Gasteiger partial charge in [-0.1, -0.05) is 24.4 Å². The Balaban J connectivity index is 2.06. The minimum atomic E-state index is -0.293. The van der Waals surface area contributed by atoms with Gasteiger partial charge in [0, 0.05) is 30.8 Å². The van der Waals surface area contributed by atoms with E-state index in [9.17, 15) is 4.39 Å². The van der Waals surface area contributed by atoms with Crippen molar-refractivity contribution in [2.24, 2.45) is 5.73 Å². The van der Waals surface area contributed by atoms with Crippen molar-refractivity contribution in [1.29, 1.82) is 0 Å². The van der Waals surface area contributed by atoms with E-state index in [4.69, 9.17) is 22.7 Å². The third kappa shape index (κ3) is 3.75. The number of thiocarbonyl (C=S) groups is 1. The molecule has 0 bridgehead atoms. The molecule has 3 nitrogen and oxygen atoms in total. The maximum Gasteiger partial charge on any atom is 0.137 e. The van der Waals surface area contributed by atoms with E-state index in [1.165, 1.54) is 0 Å². The molecule has 0 amide bonds. The average Bonchev–Trinajstić information content (AvgIpc) is 2.42. The molecule has 2 N–H and O–H groups in total. The number of hydrogen-bond acceptors (Lipinski definition) is 3. The van der Waals surface area contributed by atoms with Crippen molar-refractivity contribution in [2.45, 2.75) is 32.4 Å². The van der Waals surface area contributed by atoms with Gasteiger partial charge in [0.15, 0.2) is 0 Å². The van der Waals surface area contributed by atoms with Crippen LogP contribution in [0.2, 0.25) is 0 Å². The molecule has 1 fully saturated rings. The summed E-state index contributed by atoms with van der Waals surface area (Å²) in [6.45, 7) is 5.13. The summed E-state index contributed by atoms with van der Waals surface area (Å²) < 4.78 is 20.0. The fraction of sp³-hybridized carbons (Fsp3) is 0.533. The Morgan fingerprint density at radius 2 is 2.35 bits per heavy atom. The molecule has 0 aromatic heterocycles. The monoisotopic (exact) mass is 296 g/mol. The van der Waals surface area contributed by atoms with Crippen LogP contribution in [0.4, 0.5) is 4.39 Å². The van der Waals surface area contributed by atoms with E-state index in [0.29, 0.717) is 17.7 Å². The first kappa shape index (κ1) is 15.4. The smallest absolute Gasteiger partial charge is 0.137 e. The van der Waals surface area contributed by atoms with E-state index in [-0.39, 0.29) is 16.9 Å². The SMILES string of the molecule is CCOC1CCCN(Cc2cccc(C(N)=S)c2F)C1. The minimum absolute atomic E-state index is 0.107. The van der Waals surface area contributed by atoms with Crippen molar-refractivity contribution in [2.75, 3.05) is 19.7 Å². The number of ether oxygens (including phenoxy) is 1. The van der Waals surface area contributed by atoms with Crippen LogP contribution in [0.5, 0.6) is 0 Å². The second-order valence-corrected chi connectivity index (χ2v) is 5.54. The van der Waals surface area contributed by atoms with E-state index in [1.54, 1.807) is 18.2 Å². The van der Waals surface area contributed by atoms with Crippen molar-refractivity contribution in [1.82, 2.24) is 4.90 Å². The fourth-order valence-corrected chi connectivity index (χ4v) is 2.82. The molecule has 1 heterocycles. The van der Waals surface area contributed by atoms with Crippen molar-refractivity contribution >= 4 is 17.2 Å². The van der Waals surface area contributed by atoms with Crippen LogP contribution in [0.15, 0.2) is 18.2 Å². The summed E-state index contributed by atoms with van der Waals surface area (Å²) in [7, 11) is 0. The lowest BCUT2D eigenvalue weighted by atomic mass is 10.1. The van der Waals surface area contributed by atoms with Crippen molar-refractivity contribution in [3.63, 3.8) is 0 Å². The Kier molecular flexibility index (Phi) is 5.46. The van der Waals surface area contributed by atoms with Gasteiger partial charge in [-0.2, -0.15) is 0 Å². The normalized spacial score (nSPS) is 20.0. The molecule has 1 atom stereocenters. The Morgan fingerprint density at radius 3 is 3.05 bits per heavy atom. The number of rotatable bonds is 5. The molecule has 0 radical (unpaired) electrons. The highest BCUT2D eigenvalue weighted by atomic mass is 32.1. The van der Waals surface area contributed by atoms with Crippen LogP contribution in [-0.4, -0.2) is 35.7 Å². The zero-order valence-electron chi connectivity index (χ0n) is 11.8. The molecular weight excluding hydrogens is 275 g/mol. The molecule has 0 spiro atoms. The molecule has 1 saturated heterocycles. The van der Waals surface area contributed by atoms with Gasteiger partial charge in [0.2, 0.25) is 0 Å². The van der Waals surface area contributed by atoms with Gasteiger partial charge >= 0.3 is 0 Å². The number of benzene rings is 1. The lowest BCUT2D eigenvalue weighted by Crippen LogP contribution is -2.39. The number of hydrogen-bond donors (Lipinski definition) is 1. The quantitative estimate of drug-likeness (QED) is 0.847. The summed E-state index contributed by atoms with van der Waals surface area (Å²) in [6.07, 6.45) is 2.43. The van der Waals surface area contributed by atoms with Gasteiger partial charge < -0.3 is 10.5 Å². The molecule has 1 aromatic carbocycles. The summed E-state index contributed by atoms with van der Waals surface area (Å²) in [4.78, 5) is 2.33.